The van der Waals surface area contributed by atoms with Crippen LogP contribution in [0.1, 0.15) is 52.9 Å². The molecule has 1 atom stereocenters. The van der Waals surface area contributed by atoms with Gasteiger partial charge in [0.05, 0.1) is 0 Å². The van der Waals surface area contributed by atoms with Crippen molar-refractivity contribution in [2.24, 2.45) is 0 Å². The molecule has 0 aromatic rings. The molecule has 0 aliphatic heterocycles. The van der Waals surface area contributed by atoms with Crippen LogP contribution in [0.2, 0.25) is 0 Å². The van der Waals surface area contributed by atoms with E-state index in [1.807, 2.05) is 13.8 Å². The molecule has 0 fully saturated rings. The van der Waals surface area contributed by atoms with Gasteiger partial charge in [-0.05, 0) is 19.8 Å². The van der Waals surface area contributed by atoms with E-state index in [0.29, 0.717) is 12.8 Å². The third kappa shape index (κ3) is 20.6. The summed E-state index contributed by atoms with van der Waals surface area (Å²) in [5.41, 5.74) is -0.980. The first-order valence-electron chi connectivity index (χ1n) is 6.26. The molecule has 9 heteroatoms. The van der Waals surface area contributed by atoms with Crippen LogP contribution >= 0.6 is 0 Å². The summed E-state index contributed by atoms with van der Waals surface area (Å²) in [4.78, 5) is 32.9. The van der Waals surface area contributed by atoms with Crippen molar-refractivity contribution in [2.75, 3.05) is 0 Å². The van der Waals surface area contributed by atoms with Crippen molar-refractivity contribution < 1.29 is 45.0 Å². The van der Waals surface area contributed by atoms with Crippen LogP contribution < -0.4 is 0 Å². The Labute approximate surface area is 122 Å². The van der Waals surface area contributed by atoms with E-state index in [0.717, 1.165) is 19.3 Å². The van der Waals surface area contributed by atoms with Crippen LogP contribution in [0, 0.1) is 0 Å². The van der Waals surface area contributed by atoms with Gasteiger partial charge in [-0.25, -0.2) is 14.5 Å². The average molecular weight is 312 g/mol. The van der Waals surface area contributed by atoms with Crippen LogP contribution in [0.25, 0.3) is 0 Å². The molecule has 0 bridgehead atoms. The van der Waals surface area contributed by atoms with Gasteiger partial charge < -0.3 is 20.4 Å². The lowest BCUT2D eigenvalue weighted by atomic mass is 9.92. The lowest BCUT2D eigenvalue weighted by molar-refractivity contribution is -0.308. The lowest BCUT2D eigenvalue weighted by Crippen LogP contribution is -2.37. The summed E-state index contributed by atoms with van der Waals surface area (Å²) in [6.07, 6.45) is 0.0917. The van der Waals surface area contributed by atoms with E-state index in [1.165, 1.54) is 0 Å². The van der Waals surface area contributed by atoms with E-state index in [2.05, 4.69) is 4.89 Å². The van der Waals surface area contributed by atoms with Gasteiger partial charge in [-0.2, -0.15) is 0 Å². The Morgan fingerprint density at radius 2 is 1.33 bits per heavy atom. The molecule has 1 unspecified atom stereocenters. The molecule has 0 rings (SSSR count). The number of carboxylic acid groups (broad SMARTS) is 4. The Morgan fingerprint density at radius 1 is 0.952 bits per heavy atom. The molecule has 9 nitrogen and oxygen atoms in total. The third-order valence-electron chi connectivity index (χ3n) is 2.28. The molecule has 0 radical (unpaired) electrons. The molecular weight excluding hydrogens is 288 g/mol. The summed E-state index contributed by atoms with van der Waals surface area (Å²) in [5.74, 6) is -0.00838. The second-order valence-corrected chi connectivity index (χ2v) is 4.16. The maximum absolute atomic E-state index is 11.5. The van der Waals surface area contributed by atoms with E-state index >= 15 is 0 Å². The highest BCUT2D eigenvalue weighted by molar-refractivity contribution is 5.86. The van der Waals surface area contributed by atoms with Gasteiger partial charge in [0.1, 0.15) is 0 Å². The molecule has 0 aliphatic carbocycles. The van der Waals surface area contributed by atoms with E-state index in [1.54, 1.807) is 6.92 Å². The first-order valence-corrected chi connectivity index (χ1v) is 6.26. The normalized spacial score (nSPS) is 11.8. The molecule has 0 aromatic carbocycles. The Balaban J connectivity index is -0.000000334. The van der Waals surface area contributed by atoms with Crippen molar-refractivity contribution in [3.8, 4) is 0 Å². The van der Waals surface area contributed by atoms with Crippen LogP contribution in [-0.4, -0.2) is 49.4 Å². The van der Waals surface area contributed by atoms with Gasteiger partial charge in [-0.1, -0.05) is 26.7 Å². The molecule has 5 N–H and O–H groups in total. The Morgan fingerprint density at radius 3 is 1.57 bits per heavy atom. The zero-order valence-electron chi connectivity index (χ0n) is 12.4. The highest BCUT2D eigenvalue weighted by atomic mass is 17.1. The third-order valence-corrected chi connectivity index (χ3v) is 2.28. The van der Waals surface area contributed by atoms with Crippen LogP contribution in [0.3, 0.4) is 0 Å². The second kappa shape index (κ2) is 14.5. The van der Waals surface area contributed by atoms with E-state index < -0.39 is 17.9 Å². The van der Waals surface area contributed by atoms with Gasteiger partial charge in [0, 0.05) is 6.42 Å². The summed E-state index contributed by atoms with van der Waals surface area (Å²) < 4.78 is 0. The summed E-state index contributed by atoms with van der Waals surface area (Å²) >= 11 is 0. The average Bonchev–Trinajstić information content (AvgIpc) is 2.35. The first kappa shape index (κ1) is 24.2. The number of ketones is 1. The summed E-state index contributed by atoms with van der Waals surface area (Å²) in [6.45, 7) is 5.64. The highest BCUT2D eigenvalue weighted by Gasteiger charge is 2.32. The Bertz CT molecular complexity index is 283. The van der Waals surface area contributed by atoms with Crippen LogP contribution in [-0.2, 0) is 9.68 Å². The zero-order valence-corrected chi connectivity index (χ0v) is 12.4. The number of hydrogen-bond donors (Lipinski definition) is 5. The predicted octanol–water partition coefficient (Wildman–Crippen LogP) is 3.24. The number of carbonyl (C=O) groups excluding carboxylic acids is 1. The zero-order chi connectivity index (χ0) is 17.5. The van der Waals surface area contributed by atoms with Crippen molar-refractivity contribution >= 4 is 18.1 Å². The maximum atomic E-state index is 11.5. The smallest absolute Gasteiger partial charge is 0.450 e. The Kier molecular flexibility index (Phi) is 16.7. The molecule has 0 spiro atoms. The second-order valence-electron chi connectivity index (χ2n) is 4.16. The monoisotopic (exact) mass is 312 g/mol. The molecule has 126 valence electrons. The quantitative estimate of drug-likeness (QED) is 0.351. The van der Waals surface area contributed by atoms with Crippen molar-refractivity contribution in [1.29, 1.82) is 0 Å². The molecular formula is C12H24O9. The van der Waals surface area contributed by atoms with Crippen LogP contribution in [0.4, 0.5) is 9.59 Å². The van der Waals surface area contributed by atoms with Crippen LogP contribution in [0.15, 0.2) is 0 Å². The van der Waals surface area contributed by atoms with E-state index in [4.69, 9.17) is 35.3 Å². The fourth-order valence-corrected chi connectivity index (χ4v) is 1.24. The van der Waals surface area contributed by atoms with Gasteiger partial charge in [-0.3, -0.25) is 10.1 Å². The van der Waals surface area contributed by atoms with Crippen molar-refractivity contribution in [2.45, 2.75) is 58.5 Å². The fraction of sp³-hybridized carbons (Fsp3) is 0.750. The molecule has 0 heterocycles. The lowest BCUT2D eigenvalue weighted by Gasteiger charge is -2.23. The molecule has 0 aromatic heterocycles. The largest absolute Gasteiger partial charge is 0.503 e. The van der Waals surface area contributed by atoms with Gasteiger partial charge in [-0.15, -0.1) is 0 Å². The SMILES string of the molecule is CCCCC(C)(OO)C(=O)CCC.O=C(O)O.O=C(O)O. The standard InChI is InChI=1S/C10H20O3.2CH2O3/c1-4-6-8-10(3,13-12)9(11)7-5-2;2*2-1(3)4/h12H,4-8H2,1-3H3;2*(H2,2,3,4). The number of Topliss-reactive ketones (excluding diaryl/α,β-unsaturated/α-hetero) is 1. The summed E-state index contributed by atoms with van der Waals surface area (Å²) in [6, 6.07) is 0. The summed E-state index contributed by atoms with van der Waals surface area (Å²) in [7, 11) is 0. The van der Waals surface area contributed by atoms with E-state index in [-0.39, 0.29) is 5.78 Å². The van der Waals surface area contributed by atoms with Gasteiger partial charge >= 0.3 is 12.3 Å². The highest BCUT2D eigenvalue weighted by Crippen LogP contribution is 2.21. The summed E-state index contributed by atoms with van der Waals surface area (Å²) in [5, 5.41) is 36.6. The Hall–Kier alpha value is -1.87. The van der Waals surface area contributed by atoms with Gasteiger partial charge in [0.2, 0.25) is 0 Å². The number of unbranched alkanes of at least 4 members (excludes halogenated alkanes) is 1. The predicted molar refractivity (Wildman–Crippen MR) is 72.9 cm³/mol. The van der Waals surface area contributed by atoms with Gasteiger partial charge in [0.15, 0.2) is 11.4 Å². The maximum Gasteiger partial charge on any atom is 0.503 e. The molecule has 0 saturated heterocycles. The van der Waals surface area contributed by atoms with E-state index in [9.17, 15) is 4.79 Å². The minimum absolute atomic E-state index is 0.00838. The van der Waals surface area contributed by atoms with Crippen molar-refractivity contribution in [3.63, 3.8) is 0 Å². The number of rotatable bonds is 7. The van der Waals surface area contributed by atoms with Gasteiger partial charge in [0.25, 0.3) is 0 Å². The minimum Gasteiger partial charge on any atom is -0.450 e. The number of hydrogen-bond acceptors (Lipinski definition) is 5. The van der Waals surface area contributed by atoms with Crippen molar-refractivity contribution in [1.82, 2.24) is 0 Å². The molecule has 0 aliphatic rings. The van der Waals surface area contributed by atoms with Crippen LogP contribution in [0.5, 0.6) is 0 Å². The fourth-order valence-electron chi connectivity index (χ4n) is 1.24. The molecule has 0 amide bonds. The molecule has 21 heavy (non-hydrogen) atoms. The number of carbonyl (C=O) groups is 3. The topological polar surface area (TPSA) is 162 Å². The minimum atomic E-state index is -1.83. The molecule has 0 saturated carbocycles. The van der Waals surface area contributed by atoms with Crippen molar-refractivity contribution in [3.05, 3.63) is 0 Å². The first-order chi connectivity index (χ1) is 9.57.